The molecule has 0 fully saturated rings. The van der Waals surface area contributed by atoms with Crippen molar-refractivity contribution in [3.63, 3.8) is 0 Å². The van der Waals surface area contributed by atoms with Gasteiger partial charge in [-0.3, -0.25) is 0 Å². The molecule has 0 radical (unpaired) electrons. The lowest BCUT2D eigenvalue weighted by Gasteiger charge is -2.13. The Bertz CT molecular complexity index is 310. The highest BCUT2D eigenvalue weighted by Crippen LogP contribution is 2.31. The van der Waals surface area contributed by atoms with Gasteiger partial charge in [0, 0.05) is 11.4 Å². The fourth-order valence-corrected chi connectivity index (χ4v) is 1.74. The van der Waals surface area contributed by atoms with E-state index in [-0.39, 0.29) is 0 Å². The van der Waals surface area contributed by atoms with Gasteiger partial charge in [-0.25, -0.2) is 0 Å². The van der Waals surface area contributed by atoms with Gasteiger partial charge in [-0.1, -0.05) is 6.07 Å². The molecule has 0 aromatic heterocycles. The zero-order chi connectivity index (χ0) is 10.6. The number of rotatable bonds is 4. The van der Waals surface area contributed by atoms with Gasteiger partial charge in [0.2, 0.25) is 0 Å². The third kappa shape index (κ3) is 2.13. The number of hydrogen-bond donors (Lipinski definition) is 0. The van der Waals surface area contributed by atoms with E-state index in [1.165, 1.54) is 0 Å². The van der Waals surface area contributed by atoms with Crippen molar-refractivity contribution in [1.82, 2.24) is 0 Å². The molecule has 0 N–H and O–H groups in total. The molecular formula is C11H15ClO2. The molecule has 0 atom stereocenters. The smallest absolute Gasteiger partial charge is 0.128 e. The van der Waals surface area contributed by atoms with Crippen molar-refractivity contribution in [3.05, 3.63) is 23.3 Å². The summed E-state index contributed by atoms with van der Waals surface area (Å²) in [4.78, 5) is 0. The summed E-state index contributed by atoms with van der Waals surface area (Å²) in [5.74, 6) is 2.33. The average Bonchev–Trinajstić information content (AvgIpc) is 2.19. The van der Waals surface area contributed by atoms with E-state index >= 15 is 0 Å². The number of methoxy groups -OCH3 is 2. The van der Waals surface area contributed by atoms with Gasteiger partial charge < -0.3 is 9.47 Å². The number of ether oxygens (including phenoxy) is 2. The van der Waals surface area contributed by atoms with Crippen LogP contribution in [0, 0.1) is 6.92 Å². The number of benzene rings is 1. The van der Waals surface area contributed by atoms with Crippen molar-refractivity contribution in [2.75, 3.05) is 20.1 Å². The zero-order valence-electron chi connectivity index (χ0n) is 8.76. The average molecular weight is 215 g/mol. The highest BCUT2D eigenvalue weighted by molar-refractivity contribution is 6.18. The Morgan fingerprint density at radius 3 is 2.43 bits per heavy atom. The van der Waals surface area contributed by atoms with Crippen molar-refractivity contribution < 1.29 is 9.47 Å². The molecule has 0 aliphatic carbocycles. The Balaban J connectivity index is 3.14. The minimum absolute atomic E-state index is 0.599. The van der Waals surface area contributed by atoms with E-state index in [1.54, 1.807) is 14.2 Å². The van der Waals surface area contributed by atoms with Crippen LogP contribution in [0.2, 0.25) is 0 Å². The van der Waals surface area contributed by atoms with Crippen LogP contribution in [-0.2, 0) is 6.42 Å². The fraction of sp³-hybridized carbons (Fsp3) is 0.455. The summed E-state index contributed by atoms with van der Waals surface area (Å²) in [5.41, 5.74) is 2.15. The van der Waals surface area contributed by atoms with Crippen LogP contribution in [0.1, 0.15) is 11.1 Å². The lowest BCUT2D eigenvalue weighted by molar-refractivity contribution is 0.386. The predicted molar refractivity (Wildman–Crippen MR) is 58.7 cm³/mol. The van der Waals surface area contributed by atoms with Gasteiger partial charge in [0.25, 0.3) is 0 Å². The first-order valence-corrected chi connectivity index (χ1v) is 5.04. The second-order valence-corrected chi connectivity index (χ2v) is 3.40. The Hall–Kier alpha value is -0.890. The molecule has 0 saturated carbocycles. The van der Waals surface area contributed by atoms with E-state index in [9.17, 15) is 0 Å². The molecule has 0 unspecified atom stereocenters. The van der Waals surface area contributed by atoms with Crippen molar-refractivity contribution in [2.45, 2.75) is 13.3 Å². The summed E-state index contributed by atoms with van der Waals surface area (Å²) in [6.45, 7) is 1.98. The maximum atomic E-state index is 5.70. The first-order chi connectivity index (χ1) is 6.74. The van der Waals surface area contributed by atoms with Crippen LogP contribution < -0.4 is 9.47 Å². The molecule has 0 spiro atoms. The zero-order valence-corrected chi connectivity index (χ0v) is 9.52. The Morgan fingerprint density at radius 2 is 1.93 bits per heavy atom. The van der Waals surface area contributed by atoms with Gasteiger partial charge in [0.05, 0.1) is 14.2 Å². The first kappa shape index (κ1) is 11.2. The van der Waals surface area contributed by atoms with Crippen molar-refractivity contribution in [1.29, 1.82) is 0 Å². The SMILES string of the molecule is COc1ccc(CCCl)c(OC)c1C. The number of hydrogen-bond acceptors (Lipinski definition) is 2. The second-order valence-electron chi connectivity index (χ2n) is 3.02. The third-order valence-corrected chi connectivity index (χ3v) is 2.41. The van der Waals surface area contributed by atoms with Gasteiger partial charge in [-0.05, 0) is 25.0 Å². The van der Waals surface area contributed by atoms with E-state index < -0.39 is 0 Å². The standard InChI is InChI=1S/C11H15ClO2/c1-8-10(13-2)5-4-9(6-7-12)11(8)14-3/h4-5H,6-7H2,1-3H3. The Kier molecular flexibility index (Phi) is 4.08. The van der Waals surface area contributed by atoms with E-state index in [4.69, 9.17) is 21.1 Å². The quantitative estimate of drug-likeness (QED) is 0.718. The molecule has 0 amide bonds. The number of alkyl halides is 1. The van der Waals surface area contributed by atoms with Gasteiger partial charge >= 0.3 is 0 Å². The molecule has 3 heteroatoms. The minimum Gasteiger partial charge on any atom is -0.496 e. The largest absolute Gasteiger partial charge is 0.496 e. The molecule has 1 aromatic rings. The normalized spacial score (nSPS) is 10.0. The Morgan fingerprint density at radius 1 is 1.21 bits per heavy atom. The van der Waals surface area contributed by atoms with E-state index in [0.717, 1.165) is 29.0 Å². The Labute approximate surface area is 89.8 Å². The van der Waals surface area contributed by atoms with Gasteiger partial charge in [0.15, 0.2) is 0 Å². The molecule has 0 heterocycles. The number of halogens is 1. The van der Waals surface area contributed by atoms with Gasteiger partial charge in [-0.2, -0.15) is 0 Å². The summed E-state index contributed by atoms with van der Waals surface area (Å²) >= 11 is 5.70. The van der Waals surface area contributed by atoms with Gasteiger partial charge in [-0.15, -0.1) is 11.6 Å². The first-order valence-electron chi connectivity index (χ1n) is 4.51. The fourth-order valence-electron chi connectivity index (χ4n) is 1.53. The lowest BCUT2D eigenvalue weighted by Crippen LogP contribution is -1.98. The molecule has 1 aromatic carbocycles. The molecule has 0 aliphatic heterocycles. The molecule has 0 saturated heterocycles. The minimum atomic E-state index is 0.599. The summed E-state index contributed by atoms with van der Waals surface area (Å²) in [6.07, 6.45) is 0.815. The van der Waals surface area contributed by atoms with Crippen LogP contribution >= 0.6 is 11.6 Å². The van der Waals surface area contributed by atoms with E-state index in [2.05, 4.69) is 0 Å². The molecular weight excluding hydrogens is 200 g/mol. The molecule has 78 valence electrons. The topological polar surface area (TPSA) is 18.5 Å². The van der Waals surface area contributed by atoms with Crippen LogP contribution in [0.15, 0.2) is 12.1 Å². The summed E-state index contributed by atoms with van der Waals surface area (Å²) in [6, 6.07) is 3.94. The van der Waals surface area contributed by atoms with E-state index in [0.29, 0.717) is 5.88 Å². The summed E-state index contributed by atoms with van der Waals surface area (Å²) in [7, 11) is 3.32. The highest BCUT2D eigenvalue weighted by atomic mass is 35.5. The van der Waals surface area contributed by atoms with Crippen LogP contribution in [-0.4, -0.2) is 20.1 Å². The summed E-state index contributed by atoms with van der Waals surface area (Å²) < 4.78 is 10.5. The van der Waals surface area contributed by atoms with Crippen molar-refractivity contribution in [3.8, 4) is 11.5 Å². The van der Waals surface area contributed by atoms with Gasteiger partial charge in [0.1, 0.15) is 11.5 Å². The molecule has 14 heavy (non-hydrogen) atoms. The van der Waals surface area contributed by atoms with Crippen LogP contribution in [0.25, 0.3) is 0 Å². The van der Waals surface area contributed by atoms with Crippen molar-refractivity contribution >= 4 is 11.6 Å². The maximum Gasteiger partial charge on any atom is 0.128 e. The molecule has 2 nitrogen and oxygen atoms in total. The maximum absolute atomic E-state index is 5.70. The summed E-state index contributed by atoms with van der Waals surface area (Å²) in [5, 5.41) is 0. The lowest BCUT2D eigenvalue weighted by atomic mass is 10.1. The van der Waals surface area contributed by atoms with Crippen molar-refractivity contribution in [2.24, 2.45) is 0 Å². The van der Waals surface area contributed by atoms with Crippen LogP contribution in [0.5, 0.6) is 11.5 Å². The van der Waals surface area contributed by atoms with E-state index in [1.807, 2.05) is 19.1 Å². The second kappa shape index (κ2) is 5.11. The predicted octanol–water partition coefficient (Wildman–Crippen LogP) is 2.79. The molecule has 1 rings (SSSR count). The monoisotopic (exact) mass is 214 g/mol. The number of aryl methyl sites for hydroxylation is 1. The van der Waals surface area contributed by atoms with Crippen LogP contribution in [0.4, 0.5) is 0 Å². The van der Waals surface area contributed by atoms with Crippen LogP contribution in [0.3, 0.4) is 0 Å². The molecule has 0 bridgehead atoms. The molecule has 0 aliphatic rings. The highest BCUT2D eigenvalue weighted by Gasteiger charge is 2.10. The third-order valence-electron chi connectivity index (χ3n) is 2.23.